The molecule has 88 valence electrons. The van der Waals surface area contributed by atoms with Crippen molar-refractivity contribution in [2.45, 2.75) is 19.4 Å². The molecule has 0 saturated heterocycles. The monoisotopic (exact) mass is 288 g/mol. The Bertz CT molecular complexity index is 401. The molecule has 0 saturated carbocycles. The highest BCUT2D eigenvalue weighted by molar-refractivity contribution is 9.10. The minimum absolute atomic E-state index is 0.273. The summed E-state index contributed by atoms with van der Waals surface area (Å²) in [4.78, 5) is 11.7. The van der Waals surface area contributed by atoms with Gasteiger partial charge in [-0.15, -0.1) is 0 Å². The molecule has 1 aromatic rings. The fourth-order valence-electron chi connectivity index (χ4n) is 1.08. The van der Waals surface area contributed by atoms with Crippen LogP contribution in [-0.4, -0.2) is 18.0 Å². The van der Waals surface area contributed by atoms with Crippen molar-refractivity contribution in [3.05, 3.63) is 34.1 Å². The molecule has 0 fully saturated rings. The topological polar surface area (TPSA) is 55.1 Å². The Labute approximate surface area is 102 Å². The van der Waals surface area contributed by atoms with Crippen LogP contribution < -0.4 is 11.1 Å². The van der Waals surface area contributed by atoms with Crippen LogP contribution in [0.4, 0.5) is 4.39 Å². The molecule has 0 radical (unpaired) electrons. The number of halogens is 2. The van der Waals surface area contributed by atoms with E-state index in [1.165, 1.54) is 18.2 Å². The second-order valence-electron chi connectivity index (χ2n) is 4.30. The van der Waals surface area contributed by atoms with Crippen molar-refractivity contribution in [3.63, 3.8) is 0 Å². The fraction of sp³-hybridized carbons (Fsp3) is 0.364. The van der Waals surface area contributed by atoms with Crippen molar-refractivity contribution in [2.75, 3.05) is 6.54 Å². The van der Waals surface area contributed by atoms with E-state index in [1.807, 2.05) is 13.8 Å². The van der Waals surface area contributed by atoms with Gasteiger partial charge in [0, 0.05) is 16.6 Å². The Balaban J connectivity index is 2.74. The zero-order chi connectivity index (χ0) is 12.3. The molecule has 3 nitrogen and oxygen atoms in total. The first-order valence-electron chi connectivity index (χ1n) is 4.82. The van der Waals surface area contributed by atoms with Crippen LogP contribution in [0.1, 0.15) is 24.2 Å². The van der Waals surface area contributed by atoms with Crippen molar-refractivity contribution in [2.24, 2.45) is 5.73 Å². The highest BCUT2D eigenvalue weighted by Crippen LogP contribution is 2.17. The van der Waals surface area contributed by atoms with E-state index >= 15 is 0 Å². The third kappa shape index (κ3) is 3.90. The average molecular weight is 289 g/mol. The van der Waals surface area contributed by atoms with Crippen LogP contribution in [-0.2, 0) is 0 Å². The molecule has 5 heteroatoms. The summed E-state index contributed by atoms with van der Waals surface area (Å²) >= 11 is 3.14. The lowest BCUT2D eigenvalue weighted by molar-refractivity contribution is 0.0945. The second kappa shape index (κ2) is 4.93. The zero-order valence-electron chi connectivity index (χ0n) is 9.18. The first-order chi connectivity index (χ1) is 7.29. The maximum absolute atomic E-state index is 12.8. The summed E-state index contributed by atoms with van der Waals surface area (Å²) < 4.78 is 13.2. The van der Waals surface area contributed by atoms with Crippen LogP contribution in [0.25, 0.3) is 0 Å². The molecule has 0 unspecified atom stereocenters. The Morgan fingerprint density at radius 3 is 2.69 bits per heavy atom. The molecule has 0 aliphatic carbocycles. The summed E-state index contributed by atoms with van der Waals surface area (Å²) in [7, 11) is 0. The molecule has 16 heavy (non-hydrogen) atoms. The van der Waals surface area contributed by atoms with Crippen molar-refractivity contribution >= 4 is 21.8 Å². The molecule has 0 spiro atoms. The highest BCUT2D eigenvalue weighted by Gasteiger charge is 2.15. The average Bonchev–Trinajstić information content (AvgIpc) is 2.13. The molecule has 0 heterocycles. The van der Waals surface area contributed by atoms with Gasteiger partial charge in [-0.3, -0.25) is 4.79 Å². The van der Waals surface area contributed by atoms with E-state index in [2.05, 4.69) is 21.2 Å². The largest absolute Gasteiger partial charge is 0.350 e. The van der Waals surface area contributed by atoms with E-state index < -0.39 is 5.54 Å². The first kappa shape index (κ1) is 13.1. The number of carbonyl (C=O) groups excluding carboxylic acids is 1. The third-order valence-corrected chi connectivity index (χ3v) is 2.54. The van der Waals surface area contributed by atoms with E-state index in [9.17, 15) is 9.18 Å². The zero-order valence-corrected chi connectivity index (χ0v) is 10.8. The van der Waals surface area contributed by atoms with E-state index in [1.54, 1.807) is 0 Å². The first-order valence-corrected chi connectivity index (χ1v) is 5.61. The van der Waals surface area contributed by atoms with Crippen LogP contribution >= 0.6 is 15.9 Å². The lowest BCUT2D eigenvalue weighted by Gasteiger charge is -2.19. The lowest BCUT2D eigenvalue weighted by atomic mass is 10.1. The van der Waals surface area contributed by atoms with Gasteiger partial charge in [0.2, 0.25) is 0 Å². The van der Waals surface area contributed by atoms with E-state index in [-0.39, 0.29) is 11.7 Å². The second-order valence-corrected chi connectivity index (χ2v) is 5.15. The van der Waals surface area contributed by atoms with Crippen molar-refractivity contribution in [1.82, 2.24) is 5.32 Å². The Morgan fingerprint density at radius 2 is 2.19 bits per heavy atom. The number of nitrogens with one attached hydrogen (secondary N) is 1. The number of carbonyl (C=O) groups is 1. The van der Waals surface area contributed by atoms with Gasteiger partial charge in [0.25, 0.3) is 5.91 Å². The fourth-order valence-corrected chi connectivity index (χ4v) is 1.61. The quantitative estimate of drug-likeness (QED) is 0.895. The Hall–Kier alpha value is -0.940. The van der Waals surface area contributed by atoms with Crippen LogP contribution in [0.3, 0.4) is 0 Å². The van der Waals surface area contributed by atoms with Gasteiger partial charge in [0.05, 0.1) is 5.56 Å². The molecule has 0 atom stereocenters. The summed E-state index contributed by atoms with van der Waals surface area (Å²) in [6, 6.07) is 3.92. The number of benzene rings is 1. The van der Waals surface area contributed by atoms with E-state index in [0.717, 1.165) is 0 Å². The van der Waals surface area contributed by atoms with Gasteiger partial charge in [0.15, 0.2) is 0 Å². The van der Waals surface area contributed by atoms with Crippen LogP contribution in [0.15, 0.2) is 22.7 Å². The van der Waals surface area contributed by atoms with Crippen LogP contribution in [0, 0.1) is 5.82 Å². The van der Waals surface area contributed by atoms with Crippen LogP contribution in [0.2, 0.25) is 0 Å². The number of rotatable bonds is 3. The van der Waals surface area contributed by atoms with Crippen LogP contribution in [0.5, 0.6) is 0 Å². The summed E-state index contributed by atoms with van der Waals surface area (Å²) in [5.74, 6) is -0.659. The summed E-state index contributed by atoms with van der Waals surface area (Å²) in [6.07, 6.45) is 0. The van der Waals surface area contributed by atoms with Gasteiger partial charge in [0.1, 0.15) is 5.82 Å². The van der Waals surface area contributed by atoms with Gasteiger partial charge in [-0.2, -0.15) is 0 Å². The maximum Gasteiger partial charge on any atom is 0.252 e. The standard InChI is InChI=1S/C11H14BrFN2O/c1-11(2,14)6-15-10(16)8-4-3-7(13)5-9(8)12/h3-5H,6,14H2,1-2H3,(H,15,16). The van der Waals surface area contributed by atoms with Gasteiger partial charge in [-0.1, -0.05) is 0 Å². The van der Waals surface area contributed by atoms with Crippen molar-refractivity contribution in [1.29, 1.82) is 0 Å². The van der Waals surface area contributed by atoms with E-state index in [4.69, 9.17) is 5.73 Å². The molecule has 1 amide bonds. The molecule has 1 aromatic carbocycles. The molecule has 0 aromatic heterocycles. The predicted octanol–water partition coefficient (Wildman–Crippen LogP) is 2.06. The highest BCUT2D eigenvalue weighted by atomic mass is 79.9. The summed E-state index contributed by atoms with van der Waals surface area (Å²) in [5.41, 5.74) is 5.66. The molecular formula is C11H14BrFN2O. The Morgan fingerprint density at radius 1 is 1.56 bits per heavy atom. The predicted molar refractivity (Wildman–Crippen MR) is 64.7 cm³/mol. The number of amides is 1. The third-order valence-electron chi connectivity index (χ3n) is 1.88. The molecular weight excluding hydrogens is 275 g/mol. The summed E-state index contributed by atoms with van der Waals surface area (Å²) in [5, 5.41) is 2.68. The number of nitrogens with two attached hydrogens (primary N) is 1. The maximum atomic E-state index is 12.8. The normalized spacial score (nSPS) is 11.3. The Kier molecular flexibility index (Phi) is 4.04. The van der Waals surface area contributed by atoms with Crippen molar-refractivity contribution < 1.29 is 9.18 Å². The summed E-state index contributed by atoms with van der Waals surface area (Å²) in [6.45, 7) is 3.98. The number of hydrogen-bond acceptors (Lipinski definition) is 2. The van der Waals surface area contributed by atoms with Gasteiger partial charge < -0.3 is 11.1 Å². The lowest BCUT2D eigenvalue weighted by Crippen LogP contribution is -2.45. The van der Waals surface area contributed by atoms with E-state index in [0.29, 0.717) is 16.6 Å². The number of hydrogen-bond donors (Lipinski definition) is 2. The molecule has 0 aliphatic rings. The molecule has 3 N–H and O–H groups in total. The molecule has 0 bridgehead atoms. The van der Waals surface area contributed by atoms with Crippen molar-refractivity contribution in [3.8, 4) is 0 Å². The molecule has 0 aliphatic heterocycles. The van der Waals surface area contributed by atoms with Gasteiger partial charge in [-0.25, -0.2) is 4.39 Å². The van der Waals surface area contributed by atoms with Gasteiger partial charge in [-0.05, 0) is 48.0 Å². The molecule has 1 rings (SSSR count). The van der Waals surface area contributed by atoms with Gasteiger partial charge >= 0.3 is 0 Å². The minimum Gasteiger partial charge on any atom is -0.350 e. The SMILES string of the molecule is CC(C)(N)CNC(=O)c1ccc(F)cc1Br. The smallest absolute Gasteiger partial charge is 0.252 e. The minimum atomic E-state index is -0.470.